The third-order valence-corrected chi connectivity index (χ3v) is 1.61. The zero-order chi connectivity index (χ0) is 27.5. The van der Waals surface area contributed by atoms with E-state index in [2.05, 4.69) is 0 Å². The van der Waals surface area contributed by atoms with Crippen LogP contribution in [0.15, 0.2) is 0 Å². The summed E-state index contributed by atoms with van der Waals surface area (Å²) in [6.07, 6.45) is 0. The van der Waals surface area contributed by atoms with Crippen molar-refractivity contribution in [2.24, 2.45) is 0 Å². The molecule has 33 heavy (non-hydrogen) atoms. The molecule has 8 N–H and O–H groups in total. The van der Waals surface area contributed by atoms with E-state index in [9.17, 15) is 55.1 Å². The molecule has 0 saturated carbocycles. The molecule has 0 unspecified atom stereocenters. The Kier molecular flexibility index (Phi) is 19.0. The van der Waals surface area contributed by atoms with Crippen LogP contribution in [0.2, 0.25) is 0 Å². The molecule has 0 fully saturated rings. The van der Waals surface area contributed by atoms with E-state index in [0.29, 0.717) is 0 Å². The number of phosphoric acid groups is 1. The smallest absolute Gasteiger partial charge is 0.756 e. The first-order valence-electron chi connectivity index (χ1n) is 5.97. The number of rotatable bonds is 6. The summed E-state index contributed by atoms with van der Waals surface area (Å²) < 4.78 is 77.6. The molecule has 0 amide bonds. The van der Waals surface area contributed by atoms with E-state index in [1.54, 1.807) is 0 Å². The number of alkyl halides is 6. The van der Waals surface area contributed by atoms with Gasteiger partial charge in [-0.2, -0.15) is 26.3 Å². The molecule has 0 atom stereocenters. The minimum atomic E-state index is -4.89. The first-order chi connectivity index (χ1) is 13.7. The van der Waals surface area contributed by atoms with Crippen LogP contribution in [0, 0.1) is 0 Å². The van der Waals surface area contributed by atoms with Crippen molar-refractivity contribution in [3.8, 4) is 0 Å². The van der Waals surface area contributed by atoms with Crippen LogP contribution in [0.1, 0.15) is 0 Å². The van der Waals surface area contributed by atoms with Crippen LogP contribution < -0.4 is 34.5 Å². The number of hydrogen-bond acceptors (Lipinski definition) is 8. The Morgan fingerprint density at radius 2 is 0.576 bits per heavy atom. The summed E-state index contributed by atoms with van der Waals surface area (Å²) in [5.74, 6) is -29.9. The minimum Gasteiger partial charge on any atom is -0.756 e. The van der Waals surface area contributed by atoms with E-state index < -0.39 is 61.4 Å². The normalized spacial score (nSPS) is 10.7. The van der Waals surface area contributed by atoms with Gasteiger partial charge in [0.25, 0.3) is 7.82 Å². The summed E-state index contributed by atoms with van der Waals surface area (Å²) in [7, 11) is -4.89. The maximum atomic E-state index is 11.5. The van der Waals surface area contributed by atoms with Gasteiger partial charge in [0.05, 0.1) is 0 Å². The van der Waals surface area contributed by atoms with Gasteiger partial charge in [-0.25, -0.2) is 28.8 Å². The van der Waals surface area contributed by atoms with Gasteiger partial charge in [-0.15, -0.1) is 0 Å². The van der Waals surface area contributed by atoms with Gasteiger partial charge in [0.2, 0.25) is 0 Å². The first-order valence-corrected chi connectivity index (χ1v) is 7.50. The number of aliphatic carboxylic acids is 6. The standard InChI is InChI=1S/3C3H2F2O4.Na.H3O4P/c3*4-3(5,1(6)7)2(8)9;;1-5(2,3)4/h3*(H,6,7)(H,8,9);;(H3,1,2,3,4)/q;;;+1;/p-1. The van der Waals surface area contributed by atoms with E-state index in [0.717, 1.165) is 0 Å². The molecule has 0 heterocycles. The summed E-state index contributed by atoms with van der Waals surface area (Å²) in [5, 5.41) is 44.9. The molecule has 188 valence electrons. The molecule has 0 spiro atoms. The Balaban J connectivity index is -0.000000107. The molecule has 24 heteroatoms. The van der Waals surface area contributed by atoms with Crippen molar-refractivity contribution in [2.75, 3.05) is 0 Å². The molecule has 0 aliphatic rings. The zero-order valence-electron chi connectivity index (χ0n) is 15.1. The fourth-order valence-corrected chi connectivity index (χ4v) is 0.274. The summed E-state index contributed by atoms with van der Waals surface area (Å²) in [6.45, 7) is 0. The number of carboxylic acid groups (broad SMARTS) is 6. The van der Waals surface area contributed by atoms with Gasteiger partial charge in [0.15, 0.2) is 0 Å². The first kappa shape index (κ1) is 40.8. The summed E-state index contributed by atoms with van der Waals surface area (Å²) >= 11 is 0. The fraction of sp³-hybridized carbons (Fsp3) is 0.333. The van der Waals surface area contributed by atoms with E-state index in [-0.39, 0.29) is 29.6 Å². The predicted octanol–water partition coefficient (Wildman–Crippen LogP) is -5.18. The topological polar surface area (TPSA) is 304 Å². The van der Waals surface area contributed by atoms with Crippen molar-refractivity contribution >= 4 is 43.6 Å². The van der Waals surface area contributed by atoms with Gasteiger partial charge in [0.1, 0.15) is 0 Å². The molecular weight excluding hydrogens is 532 g/mol. The molecule has 0 radical (unpaired) electrons. The third kappa shape index (κ3) is 19.9. The van der Waals surface area contributed by atoms with Gasteiger partial charge >= 0.3 is 83.1 Å². The SMILES string of the molecule is O=C(O)C(F)(F)C(=O)O.O=C(O)C(F)(F)C(=O)O.O=C(O)C(F)(F)C(=O)O.O=P([O-])(O)O.[Na+]. The van der Waals surface area contributed by atoms with Gasteiger partial charge in [-0.3, -0.25) is 4.57 Å². The van der Waals surface area contributed by atoms with Gasteiger partial charge in [0, 0.05) is 0 Å². The largest absolute Gasteiger partial charge is 1.00 e. The summed E-state index contributed by atoms with van der Waals surface area (Å²) in [5.41, 5.74) is 0. The van der Waals surface area contributed by atoms with Crippen molar-refractivity contribution in [3.05, 3.63) is 0 Å². The molecule has 0 aromatic rings. The summed E-state index contributed by atoms with van der Waals surface area (Å²) in [6, 6.07) is 0. The van der Waals surface area contributed by atoms with Crippen molar-refractivity contribution in [2.45, 2.75) is 17.8 Å². The molecule has 0 aromatic carbocycles. The Bertz CT molecular complexity index is 637. The molecular formula is C9H8F6NaO16P. The molecule has 0 aliphatic heterocycles. The van der Waals surface area contributed by atoms with Crippen LogP contribution in [0.4, 0.5) is 26.3 Å². The second-order valence-corrected chi connectivity index (χ2v) is 5.03. The molecule has 0 rings (SSSR count). The summed E-state index contributed by atoms with van der Waals surface area (Å²) in [4.78, 5) is 78.9. The molecule has 0 saturated heterocycles. The van der Waals surface area contributed by atoms with Crippen molar-refractivity contribution in [1.29, 1.82) is 0 Å². The number of hydrogen-bond donors (Lipinski definition) is 8. The van der Waals surface area contributed by atoms with Crippen LogP contribution in [0.25, 0.3) is 0 Å². The van der Waals surface area contributed by atoms with E-state index >= 15 is 0 Å². The Morgan fingerprint density at radius 3 is 0.576 bits per heavy atom. The average molecular weight is 540 g/mol. The molecule has 0 bridgehead atoms. The van der Waals surface area contributed by atoms with Crippen LogP contribution in [0.3, 0.4) is 0 Å². The fourth-order valence-electron chi connectivity index (χ4n) is 0.274. The van der Waals surface area contributed by atoms with Crippen molar-refractivity contribution in [3.63, 3.8) is 0 Å². The number of carboxylic acids is 6. The zero-order valence-corrected chi connectivity index (χ0v) is 18.0. The Morgan fingerprint density at radius 1 is 0.515 bits per heavy atom. The number of halogens is 6. The monoisotopic (exact) mass is 540 g/mol. The average Bonchev–Trinajstić information content (AvgIpc) is 2.53. The predicted molar refractivity (Wildman–Crippen MR) is 72.7 cm³/mol. The Labute approximate surface area is 196 Å². The van der Waals surface area contributed by atoms with Crippen LogP contribution in [-0.2, 0) is 33.3 Å². The number of carbonyl (C=O) groups is 6. The maximum Gasteiger partial charge on any atom is 1.00 e. The van der Waals surface area contributed by atoms with Gasteiger partial charge in [-0.05, 0) is 0 Å². The van der Waals surface area contributed by atoms with Crippen LogP contribution >= 0.6 is 7.82 Å². The van der Waals surface area contributed by atoms with E-state index in [1.807, 2.05) is 0 Å². The molecule has 0 aromatic heterocycles. The van der Waals surface area contributed by atoms with Gasteiger partial charge < -0.3 is 45.3 Å². The third-order valence-electron chi connectivity index (χ3n) is 1.61. The van der Waals surface area contributed by atoms with E-state index in [4.69, 9.17) is 49.9 Å². The quantitative estimate of drug-likeness (QED) is 0.0676. The Hall–Kier alpha value is -2.49. The second kappa shape index (κ2) is 15.4. The van der Waals surface area contributed by atoms with E-state index in [1.165, 1.54) is 0 Å². The molecule has 16 nitrogen and oxygen atoms in total. The second-order valence-electron chi connectivity index (χ2n) is 4.04. The molecule has 0 aliphatic carbocycles. The van der Waals surface area contributed by atoms with Crippen molar-refractivity contribution in [1.82, 2.24) is 0 Å². The minimum absolute atomic E-state index is 0. The van der Waals surface area contributed by atoms with Crippen LogP contribution in [-0.4, -0.2) is 94.0 Å². The van der Waals surface area contributed by atoms with Crippen molar-refractivity contribution < 1.29 is 135 Å². The van der Waals surface area contributed by atoms with Gasteiger partial charge in [-0.1, -0.05) is 0 Å². The van der Waals surface area contributed by atoms with Crippen LogP contribution in [0.5, 0.6) is 0 Å². The maximum absolute atomic E-state index is 11.5.